The molecule has 0 atom stereocenters. The van der Waals surface area contributed by atoms with Gasteiger partial charge >= 0.3 is 0 Å². The Kier molecular flexibility index (Phi) is 7.17. The number of guanidine groups is 1. The summed E-state index contributed by atoms with van der Waals surface area (Å²) in [6, 6.07) is 11.7. The predicted octanol–water partition coefficient (Wildman–Crippen LogP) is 3.94. The van der Waals surface area contributed by atoms with Gasteiger partial charge in [0.25, 0.3) is 0 Å². The van der Waals surface area contributed by atoms with Crippen molar-refractivity contribution in [2.24, 2.45) is 10.7 Å². The van der Waals surface area contributed by atoms with E-state index in [1.165, 1.54) is 0 Å². The van der Waals surface area contributed by atoms with Crippen LogP contribution in [0.4, 0.5) is 5.69 Å². The minimum atomic E-state index is -0.215. The number of hydrogen-bond donors (Lipinski definition) is 2. The summed E-state index contributed by atoms with van der Waals surface area (Å²) in [5.74, 6) is 3.39. The van der Waals surface area contributed by atoms with Crippen molar-refractivity contribution < 1.29 is 18.9 Å². The second-order valence-electron chi connectivity index (χ2n) is 7.78. The van der Waals surface area contributed by atoms with Gasteiger partial charge < -0.3 is 30.0 Å². The molecule has 0 saturated heterocycles. The fraction of sp³-hybridized carbons (Fsp3) is 0.409. The second kappa shape index (κ2) is 9.63. The van der Waals surface area contributed by atoms with Gasteiger partial charge in [0.15, 0.2) is 29.0 Å². The normalized spacial score (nSPS) is 15.6. The molecule has 0 aromatic heterocycles. The average Bonchev–Trinajstić information content (AvgIpc) is 2.97. The number of aliphatic imine (C=N–C) groups is 1. The van der Waals surface area contributed by atoms with E-state index in [0.29, 0.717) is 38.9 Å². The zero-order valence-corrected chi connectivity index (χ0v) is 19.6. The van der Waals surface area contributed by atoms with E-state index in [-0.39, 0.29) is 29.4 Å². The Labute approximate surface area is 194 Å². The van der Waals surface area contributed by atoms with E-state index in [1.54, 1.807) is 0 Å². The Bertz CT molecular complexity index is 917. The van der Waals surface area contributed by atoms with Crippen molar-refractivity contribution >= 4 is 35.6 Å². The number of nitrogens with one attached hydrogen (secondary N) is 1. The van der Waals surface area contributed by atoms with Gasteiger partial charge in [-0.1, -0.05) is 19.9 Å². The Morgan fingerprint density at radius 1 is 0.900 bits per heavy atom. The highest BCUT2D eigenvalue weighted by Gasteiger charge is 2.23. The van der Waals surface area contributed by atoms with Gasteiger partial charge in [0.2, 0.25) is 0 Å². The summed E-state index contributed by atoms with van der Waals surface area (Å²) in [4.78, 5) is 4.55. The van der Waals surface area contributed by atoms with Gasteiger partial charge in [0.05, 0.1) is 19.8 Å². The molecular formula is C22H28IN3O4. The molecule has 162 valence electrons. The number of fused-ring (bicyclic) bond motifs is 2. The topological polar surface area (TPSA) is 87.3 Å². The van der Waals surface area contributed by atoms with Gasteiger partial charge in [-0.05, 0) is 29.8 Å². The quantitative estimate of drug-likeness (QED) is 0.358. The molecular weight excluding hydrogens is 497 g/mol. The second-order valence-corrected chi connectivity index (χ2v) is 7.78. The molecule has 2 aromatic carbocycles. The van der Waals surface area contributed by atoms with E-state index in [0.717, 1.165) is 40.7 Å². The molecule has 30 heavy (non-hydrogen) atoms. The van der Waals surface area contributed by atoms with Crippen molar-refractivity contribution in [3.63, 3.8) is 0 Å². The predicted molar refractivity (Wildman–Crippen MR) is 128 cm³/mol. The average molecular weight is 525 g/mol. The van der Waals surface area contributed by atoms with E-state index >= 15 is 0 Å². The largest absolute Gasteiger partial charge is 0.490 e. The molecule has 2 aromatic rings. The number of nitrogens with zero attached hydrogens (tertiary/aromatic N) is 1. The first-order valence-corrected chi connectivity index (χ1v) is 9.88. The maximum atomic E-state index is 6.13. The molecule has 7 nitrogen and oxygen atoms in total. The SMILES string of the molecule is CC(C)(CN=C(N)Nc1ccc2c(c1)OCCCO2)c1ccc2c(c1)OCCO2.I. The van der Waals surface area contributed by atoms with E-state index in [9.17, 15) is 0 Å². The summed E-state index contributed by atoms with van der Waals surface area (Å²) in [7, 11) is 0. The van der Waals surface area contributed by atoms with Crippen LogP contribution in [0.15, 0.2) is 41.4 Å². The molecule has 3 N–H and O–H groups in total. The first-order chi connectivity index (χ1) is 14.0. The highest BCUT2D eigenvalue weighted by atomic mass is 127. The highest BCUT2D eigenvalue weighted by Crippen LogP contribution is 2.35. The van der Waals surface area contributed by atoms with E-state index in [4.69, 9.17) is 24.7 Å². The molecule has 0 bridgehead atoms. The molecule has 0 aliphatic carbocycles. The van der Waals surface area contributed by atoms with Gasteiger partial charge in [-0.3, -0.25) is 4.99 Å². The van der Waals surface area contributed by atoms with Crippen LogP contribution in [0.3, 0.4) is 0 Å². The van der Waals surface area contributed by atoms with Crippen LogP contribution in [-0.4, -0.2) is 38.9 Å². The van der Waals surface area contributed by atoms with Crippen molar-refractivity contribution in [3.8, 4) is 23.0 Å². The third-order valence-electron chi connectivity index (χ3n) is 4.99. The van der Waals surface area contributed by atoms with Crippen molar-refractivity contribution in [1.29, 1.82) is 0 Å². The molecule has 0 unspecified atom stereocenters. The minimum Gasteiger partial charge on any atom is -0.490 e. The molecule has 0 fully saturated rings. The van der Waals surface area contributed by atoms with Crippen molar-refractivity contribution in [1.82, 2.24) is 0 Å². The van der Waals surface area contributed by atoms with Crippen LogP contribution in [0.1, 0.15) is 25.8 Å². The summed E-state index contributed by atoms with van der Waals surface area (Å²) >= 11 is 0. The molecule has 0 spiro atoms. The Balaban J connectivity index is 0.00000256. The Morgan fingerprint density at radius 3 is 2.27 bits per heavy atom. The Morgan fingerprint density at radius 2 is 1.50 bits per heavy atom. The third-order valence-corrected chi connectivity index (χ3v) is 4.99. The van der Waals surface area contributed by atoms with E-state index in [1.807, 2.05) is 30.3 Å². The number of rotatable bonds is 4. The number of hydrogen-bond acceptors (Lipinski definition) is 5. The number of ether oxygens (including phenoxy) is 4. The number of benzene rings is 2. The molecule has 0 amide bonds. The first-order valence-electron chi connectivity index (χ1n) is 9.88. The minimum absolute atomic E-state index is 0. The summed E-state index contributed by atoms with van der Waals surface area (Å²) < 4.78 is 22.7. The molecule has 4 rings (SSSR count). The molecule has 2 heterocycles. The fourth-order valence-corrected chi connectivity index (χ4v) is 3.27. The van der Waals surface area contributed by atoms with Gasteiger partial charge in [-0.2, -0.15) is 0 Å². The van der Waals surface area contributed by atoms with Crippen LogP contribution >= 0.6 is 24.0 Å². The van der Waals surface area contributed by atoms with Gasteiger partial charge in [-0.25, -0.2) is 0 Å². The fourth-order valence-electron chi connectivity index (χ4n) is 3.27. The summed E-state index contributed by atoms with van der Waals surface area (Å²) in [5.41, 5.74) is 7.85. The van der Waals surface area contributed by atoms with Gasteiger partial charge in [0.1, 0.15) is 13.2 Å². The number of halogens is 1. The van der Waals surface area contributed by atoms with Crippen LogP contribution < -0.4 is 30.0 Å². The maximum absolute atomic E-state index is 6.13. The van der Waals surface area contributed by atoms with Crippen LogP contribution in [0.2, 0.25) is 0 Å². The van der Waals surface area contributed by atoms with Crippen molar-refractivity contribution in [2.75, 3.05) is 38.3 Å². The lowest BCUT2D eigenvalue weighted by molar-refractivity contribution is 0.171. The molecule has 0 saturated carbocycles. The lowest BCUT2D eigenvalue weighted by atomic mass is 9.84. The van der Waals surface area contributed by atoms with Crippen LogP contribution in [-0.2, 0) is 5.41 Å². The summed E-state index contributed by atoms with van der Waals surface area (Å²) in [6.07, 6.45) is 0.871. The van der Waals surface area contributed by atoms with Crippen molar-refractivity contribution in [2.45, 2.75) is 25.7 Å². The first kappa shape index (κ1) is 22.3. The van der Waals surface area contributed by atoms with Crippen molar-refractivity contribution in [3.05, 3.63) is 42.0 Å². The molecule has 2 aliphatic heterocycles. The van der Waals surface area contributed by atoms with Gasteiger partial charge in [-0.15, -0.1) is 24.0 Å². The molecule has 8 heteroatoms. The zero-order chi connectivity index (χ0) is 20.3. The third kappa shape index (κ3) is 5.21. The van der Waals surface area contributed by atoms with Crippen LogP contribution in [0.25, 0.3) is 0 Å². The monoisotopic (exact) mass is 525 g/mol. The van der Waals surface area contributed by atoms with E-state index in [2.05, 4.69) is 30.2 Å². The van der Waals surface area contributed by atoms with Crippen LogP contribution in [0, 0.1) is 0 Å². The summed E-state index contributed by atoms with van der Waals surface area (Å²) in [6.45, 7) is 7.24. The maximum Gasteiger partial charge on any atom is 0.193 e. The smallest absolute Gasteiger partial charge is 0.193 e. The molecule has 2 aliphatic rings. The standard InChI is InChI=1S/C22H27N3O4.HI/c1-22(2,15-4-6-17-19(12-15)29-11-10-28-17)14-24-21(23)25-16-5-7-18-20(13-16)27-9-3-8-26-18;/h4-7,12-13H,3,8-11,14H2,1-2H3,(H3,23,24,25);1H. The Hall–Kier alpha value is -2.36. The lowest BCUT2D eigenvalue weighted by Gasteiger charge is -2.26. The zero-order valence-electron chi connectivity index (χ0n) is 17.3. The molecule has 0 radical (unpaired) electrons. The lowest BCUT2D eigenvalue weighted by Crippen LogP contribution is -2.28. The number of anilines is 1. The number of nitrogens with two attached hydrogens (primary N) is 1. The summed E-state index contributed by atoms with van der Waals surface area (Å²) in [5, 5.41) is 3.13. The van der Waals surface area contributed by atoms with E-state index < -0.39 is 0 Å². The highest BCUT2D eigenvalue weighted by molar-refractivity contribution is 14.0. The van der Waals surface area contributed by atoms with Gasteiger partial charge in [0, 0.05) is 23.6 Å². The van der Waals surface area contributed by atoms with Crippen LogP contribution in [0.5, 0.6) is 23.0 Å².